The molecule has 1 fully saturated rings. The molecule has 1 unspecified atom stereocenters. The first-order chi connectivity index (χ1) is 9.02. The molecule has 1 saturated heterocycles. The fourth-order valence-electron chi connectivity index (χ4n) is 2.53. The Morgan fingerprint density at radius 3 is 2.84 bits per heavy atom. The molecule has 0 aliphatic carbocycles. The summed E-state index contributed by atoms with van der Waals surface area (Å²) in [7, 11) is 0. The van der Waals surface area contributed by atoms with E-state index in [2.05, 4.69) is 18.7 Å². The van der Waals surface area contributed by atoms with Crippen molar-refractivity contribution in [1.29, 1.82) is 0 Å². The normalized spacial score (nSPS) is 20.6. The molecule has 2 N–H and O–H groups in total. The second-order valence-electron chi connectivity index (χ2n) is 4.96. The summed E-state index contributed by atoms with van der Waals surface area (Å²) in [6.45, 7) is 7.68. The van der Waals surface area contributed by atoms with Crippen LogP contribution < -0.4 is 5.73 Å². The van der Waals surface area contributed by atoms with Gasteiger partial charge in [-0.2, -0.15) is 0 Å². The largest absolute Gasteiger partial charge is 0.398 e. The highest BCUT2D eigenvalue weighted by atomic mass is 35.5. The molecule has 2 rings (SSSR count). The van der Waals surface area contributed by atoms with Crippen LogP contribution in [-0.2, 0) is 0 Å². The molecule has 0 saturated carbocycles. The van der Waals surface area contributed by atoms with Crippen molar-refractivity contribution in [2.45, 2.75) is 19.9 Å². The van der Waals surface area contributed by atoms with Gasteiger partial charge in [0.25, 0.3) is 5.91 Å². The molecule has 0 bridgehead atoms. The average Bonchev–Trinajstić information content (AvgIpc) is 2.40. The van der Waals surface area contributed by atoms with Gasteiger partial charge in [-0.1, -0.05) is 18.5 Å². The van der Waals surface area contributed by atoms with Crippen molar-refractivity contribution in [2.75, 3.05) is 31.9 Å². The Kier molecular flexibility index (Phi) is 4.32. The molecule has 1 aromatic rings. The number of carbonyl (C=O) groups is 1. The SMILES string of the molecule is CCN1CCN(C(=O)c2cc(Cl)ccc2N)CC1C. The quantitative estimate of drug-likeness (QED) is 0.845. The molecule has 1 heterocycles. The maximum absolute atomic E-state index is 12.5. The zero-order valence-electron chi connectivity index (χ0n) is 11.4. The van der Waals surface area contributed by atoms with Gasteiger partial charge in [-0.15, -0.1) is 0 Å². The van der Waals surface area contributed by atoms with Crippen LogP contribution in [0.5, 0.6) is 0 Å². The van der Waals surface area contributed by atoms with Gasteiger partial charge in [0.2, 0.25) is 0 Å². The Hall–Kier alpha value is -1.26. The number of halogens is 1. The van der Waals surface area contributed by atoms with Crippen molar-refractivity contribution >= 4 is 23.2 Å². The fraction of sp³-hybridized carbons (Fsp3) is 0.500. The molecule has 1 aliphatic heterocycles. The standard InChI is InChI=1S/C14H20ClN3O/c1-3-17-6-7-18(9-10(17)2)14(19)12-8-11(15)4-5-13(12)16/h4-5,8,10H,3,6-7,9,16H2,1-2H3. The van der Waals surface area contributed by atoms with E-state index in [1.54, 1.807) is 18.2 Å². The van der Waals surface area contributed by atoms with Crippen molar-refractivity contribution in [3.8, 4) is 0 Å². The van der Waals surface area contributed by atoms with E-state index in [9.17, 15) is 4.79 Å². The molecule has 1 aliphatic rings. The van der Waals surface area contributed by atoms with Gasteiger partial charge in [-0.05, 0) is 31.7 Å². The molecule has 5 heteroatoms. The first-order valence-electron chi connectivity index (χ1n) is 6.61. The van der Waals surface area contributed by atoms with Gasteiger partial charge in [-0.3, -0.25) is 9.69 Å². The van der Waals surface area contributed by atoms with Crippen LogP contribution in [0.1, 0.15) is 24.2 Å². The summed E-state index contributed by atoms with van der Waals surface area (Å²) < 4.78 is 0. The van der Waals surface area contributed by atoms with E-state index in [1.807, 2.05) is 4.90 Å². The topological polar surface area (TPSA) is 49.6 Å². The minimum absolute atomic E-state index is 0.0254. The number of nitrogen functional groups attached to an aromatic ring is 1. The molecule has 1 aromatic carbocycles. The van der Waals surface area contributed by atoms with Crippen LogP contribution in [0.4, 0.5) is 5.69 Å². The number of amides is 1. The highest BCUT2D eigenvalue weighted by Gasteiger charge is 2.27. The van der Waals surface area contributed by atoms with Crippen LogP contribution in [0.3, 0.4) is 0 Å². The maximum Gasteiger partial charge on any atom is 0.256 e. The van der Waals surface area contributed by atoms with E-state index in [4.69, 9.17) is 17.3 Å². The van der Waals surface area contributed by atoms with Gasteiger partial charge in [-0.25, -0.2) is 0 Å². The number of hydrogen-bond acceptors (Lipinski definition) is 3. The molecule has 4 nitrogen and oxygen atoms in total. The maximum atomic E-state index is 12.5. The number of piperazine rings is 1. The summed E-state index contributed by atoms with van der Waals surface area (Å²) in [5.74, 6) is -0.0254. The van der Waals surface area contributed by atoms with E-state index in [0.717, 1.165) is 26.2 Å². The molecular formula is C14H20ClN3O. The van der Waals surface area contributed by atoms with E-state index in [0.29, 0.717) is 22.3 Å². The van der Waals surface area contributed by atoms with Crippen LogP contribution in [-0.4, -0.2) is 47.9 Å². The number of carbonyl (C=O) groups excluding carboxylic acids is 1. The molecule has 1 amide bonds. The smallest absolute Gasteiger partial charge is 0.256 e. The lowest BCUT2D eigenvalue weighted by molar-refractivity contribution is 0.0529. The van der Waals surface area contributed by atoms with Gasteiger partial charge < -0.3 is 10.6 Å². The summed E-state index contributed by atoms with van der Waals surface area (Å²) in [5.41, 5.74) is 6.86. The predicted molar refractivity (Wildman–Crippen MR) is 78.5 cm³/mol. The third kappa shape index (κ3) is 3.01. The fourth-order valence-corrected chi connectivity index (χ4v) is 2.71. The Labute approximate surface area is 119 Å². The molecule has 0 radical (unpaired) electrons. The van der Waals surface area contributed by atoms with Crippen LogP contribution in [0.25, 0.3) is 0 Å². The summed E-state index contributed by atoms with van der Waals surface area (Å²) in [5, 5.41) is 0.540. The molecular weight excluding hydrogens is 262 g/mol. The summed E-state index contributed by atoms with van der Waals surface area (Å²) in [6, 6.07) is 5.41. The van der Waals surface area contributed by atoms with Gasteiger partial charge in [0.15, 0.2) is 0 Å². The van der Waals surface area contributed by atoms with Crippen LogP contribution in [0.15, 0.2) is 18.2 Å². The Morgan fingerprint density at radius 1 is 1.47 bits per heavy atom. The first-order valence-corrected chi connectivity index (χ1v) is 6.99. The average molecular weight is 282 g/mol. The minimum Gasteiger partial charge on any atom is -0.398 e. The van der Waals surface area contributed by atoms with Crippen molar-refractivity contribution in [3.05, 3.63) is 28.8 Å². The van der Waals surface area contributed by atoms with Gasteiger partial charge in [0.1, 0.15) is 0 Å². The molecule has 19 heavy (non-hydrogen) atoms. The summed E-state index contributed by atoms with van der Waals surface area (Å²) in [4.78, 5) is 16.7. The monoisotopic (exact) mass is 281 g/mol. The van der Waals surface area contributed by atoms with E-state index < -0.39 is 0 Å². The van der Waals surface area contributed by atoms with Gasteiger partial charge in [0, 0.05) is 36.4 Å². The number of benzene rings is 1. The zero-order valence-corrected chi connectivity index (χ0v) is 12.2. The Bertz CT molecular complexity index is 478. The second-order valence-corrected chi connectivity index (χ2v) is 5.40. The van der Waals surface area contributed by atoms with E-state index in [1.165, 1.54) is 0 Å². The van der Waals surface area contributed by atoms with Gasteiger partial charge >= 0.3 is 0 Å². The van der Waals surface area contributed by atoms with Gasteiger partial charge in [0.05, 0.1) is 5.56 Å². The van der Waals surface area contributed by atoms with E-state index in [-0.39, 0.29) is 5.91 Å². The molecule has 1 atom stereocenters. The van der Waals surface area contributed by atoms with Crippen molar-refractivity contribution in [2.24, 2.45) is 0 Å². The van der Waals surface area contributed by atoms with Crippen molar-refractivity contribution < 1.29 is 4.79 Å². The number of hydrogen-bond donors (Lipinski definition) is 1. The number of likely N-dealkylation sites (N-methyl/N-ethyl adjacent to an activating group) is 1. The second kappa shape index (κ2) is 5.80. The lowest BCUT2D eigenvalue weighted by Crippen LogP contribution is -2.53. The molecule has 0 aromatic heterocycles. The van der Waals surface area contributed by atoms with Crippen molar-refractivity contribution in [3.63, 3.8) is 0 Å². The lowest BCUT2D eigenvalue weighted by Gasteiger charge is -2.39. The number of rotatable bonds is 2. The number of anilines is 1. The third-order valence-corrected chi connectivity index (χ3v) is 3.94. The zero-order chi connectivity index (χ0) is 14.0. The number of nitrogens with two attached hydrogens (primary N) is 1. The molecule has 104 valence electrons. The first kappa shape index (κ1) is 14.2. The van der Waals surface area contributed by atoms with Crippen LogP contribution in [0.2, 0.25) is 5.02 Å². The Morgan fingerprint density at radius 2 is 2.21 bits per heavy atom. The Balaban J connectivity index is 2.14. The number of nitrogens with zero attached hydrogens (tertiary/aromatic N) is 2. The molecule has 0 spiro atoms. The third-order valence-electron chi connectivity index (χ3n) is 3.70. The highest BCUT2D eigenvalue weighted by Crippen LogP contribution is 2.21. The summed E-state index contributed by atoms with van der Waals surface area (Å²) in [6.07, 6.45) is 0. The lowest BCUT2D eigenvalue weighted by atomic mass is 10.1. The van der Waals surface area contributed by atoms with Crippen molar-refractivity contribution in [1.82, 2.24) is 9.80 Å². The summed E-state index contributed by atoms with van der Waals surface area (Å²) >= 11 is 5.94. The highest BCUT2D eigenvalue weighted by molar-refractivity contribution is 6.31. The predicted octanol–water partition coefficient (Wildman–Crippen LogP) is 2.09. The van der Waals surface area contributed by atoms with Crippen LogP contribution in [0, 0.1) is 0 Å². The minimum atomic E-state index is -0.0254. The van der Waals surface area contributed by atoms with E-state index >= 15 is 0 Å². The van der Waals surface area contributed by atoms with Crippen LogP contribution >= 0.6 is 11.6 Å².